The molecule has 0 unspecified atom stereocenters. The van der Waals surface area contributed by atoms with E-state index in [-0.39, 0.29) is 36.4 Å². The van der Waals surface area contributed by atoms with Gasteiger partial charge in [0.15, 0.2) is 0 Å². The van der Waals surface area contributed by atoms with Crippen LogP contribution in [0.25, 0.3) is 65.9 Å². The van der Waals surface area contributed by atoms with E-state index in [0.29, 0.717) is 19.6 Å². The fraction of sp³-hybridized carbons (Fsp3) is 0.269. The van der Waals surface area contributed by atoms with Crippen LogP contribution in [-0.2, 0) is 45.3 Å². The summed E-state index contributed by atoms with van der Waals surface area (Å²) in [5, 5.41) is 20.0. The highest BCUT2D eigenvalue weighted by Crippen LogP contribution is 2.49. The van der Waals surface area contributed by atoms with Crippen molar-refractivity contribution in [1.82, 2.24) is 20.2 Å². The Morgan fingerprint density at radius 1 is 0.661 bits per heavy atom. The van der Waals surface area contributed by atoms with Crippen LogP contribution in [0.3, 0.4) is 0 Å². The quantitative estimate of drug-likeness (QED) is 0.133. The zero-order chi connectivity index (χ0) is 42.6. The predicted octanol–water partition coefficient (Wildman–Crippen LogP) is 9.84. The molecule has 2 aliphatic carbocycles. The molecule has 8 aromatic rings. The molecule has 4 N–H and O–H groups in total. The van der Waals surface area contributed by atoms with Crippen LogP contribution in [0, 0.1) is 5.82 Å². The smallest absolute Gasteiger partial charge is 0.252 e. The summed E-state index contributed by atoms with van der Waals surface area (Å²) in [5.41, 5.74) is 16.8. The third kappa shape index (κ3) is 5.83. The molecule has 2 aromatic heterocycles. The Kier molecular flexibility index (Phi) is 8.94. The minimum Gasteiger partial charge on any atom is -0.491 e. The van der Waals surface area contributed by atoms with Crippen LogP contribution < -0.4 is 20.1 Å². The minimum absolute atomic E-state index is 0.00694. The van der Waals surface area contributed by atoms with Crippen molar-refractivity contribution in [1.29, 1.82) is 0 Å². The fourth-order valence-electron chi connectivity index (χ4n) is 10.8. The molecule has 0 bridgehead atoms. The molecule has 4 aliphatic rings. The van der Waals surface area contributed by atoms with Gasteiger partial charge in [0, 0.05) is 63.3 Å². The monoisotopic (exact) mass is 826 g/mol. The molecule has 2 amide bonds. The van der Waals surface area contributed by atoms with Crippen LogP contribution in [-0.4, -0.2) is 45.3 Å². The number of carbonyl (C=O) groups excluding carboxylic acids is 2. The van der Waals surface area contributed by atoms with Crippen molar-refractivity contribution in [2.24, 2.45) is 0 Å². The lowest BCUT2D eigenvalue weighted by Crippen LogP contribution is -2.16. The van der Waals surface area contributed by atoms with Gasteiger partial charge in [0.25, 0.3) is 11.8 Å². The number of para-hydroxylation sites is 1. The van der Waals surface area contributed by atoms with E-state index in [1.165, 1.54) is 28.3 Å². The van der Waals surface area contributed by atoms with Gasteiger partial charge in [-0.15, -0.1) is 0 Å². The number of halogens is 1. The molecular formula is C52H47FN4O5. The van der Waals surface area contributed by atoms with Crippen molar-refractivity contribution < 1.29 is 28.6 Å². The van der Waals surface area contributed by atoms with E-state index < -0.39 is 0 Å². The number of carbonyl (C=O) groups is 2. The molecule has 0 spiro atoms. The largest absolute Gasteiger partial charge is 0.491 e. The van der Waals surface area contributed by atoms with Gasteiger partial charge in [0.05, 0.1) is 41.0 Å². The highest BCUT2D eigenvalue weighted by atomic mass is 19.1. The molecule has 62 heavy (non-hydrogen) atoms. The van der Waals surface area contributed by atoms with Gasteiger partial charge in [-0.2, -0.15) is 0 Å². The average molecular weight is 827 g/mol. The second-order valence-corrected chi connectivity index (χ2v) is 17.4. The van der Waals surface area contributed by atoms with Crippen LogP contribution in [0.2, 0.25) is 0 Å². The topological polar surface area (TPSA) is 118 Å². The maximum Gasteiger partial charge on any atom is 0.252 e. The maximum atomic E-state index is 14.0. The molecule has 0 saturated carbocycles. The molecule has 0 atom stereocenters. The van der Waals surface area contributed by atoms with Gasteiger partial charge in [-0.25, -0.2) is 4.39 Å². The summed E-state index contributed by atoms with van der Waals surface area (Å²) >= 11 is 0. The Labute approximate surface area is 357 Å². The normalized spacial score (nSPS) is 14.6. The van der Waals surface area contributed by atoms with Crippen molar-refractivity contribution >= 4 is 55.4 Å². The highest BCUT2D eigenvalue weighted by Gasteiger charge is 2.36. The van der Waals surface area contributed by atoms with Crippen molar-refractivity contribution in [3.05, 3.63) is 129 Å². The number of benzene rings is 6. The standard InChI is InChI=1S/C27H26N2O3.C25H21FN2O2/c1-15(2)32-17-8-10-18-16(13-17)7-9-20-23(18)25-21(14-28-27(25)31)24-19-5-3-4-6-22(19)29(11-12-30)26(20)24;1-12(2)30-15-5-7-16-13(9-15)3-6-17-21(16)23-19(11-27-25(23)29)22-18-10-14(26)4-8-20(18)28-24(17)22/h3-6,8,10,13,15,30H,7,9,11-12,14H2,1-2H3,(H,28,31);4-5,7-10,12,28H,3,6,11H2,1-2H3,(H,27,29). The first-order valence-electron chi connectivity index (χ1n) is 21.7. The summed E-state index contributed by atoms with van der Waals surface area (Å²) in [6.45, 7) is 9.70. The number of aromatic amines is 1. The van der Waals surface area contributed by atoms with Gasteiger partial charge in [-0.1, -0.05) is 30.3 Å². The van der Waals surface area contributed by atoms with E-state index in [1.54, 1.807) is 12.1 Å². The summed E-state index contributed by atoms with van der Waals surface area (Å²) in [4.78, 5) is 29.5. The van der Waals surface area contributed by atoms with Gasteiger partial charge >= 0.3 is 0 Å². The molecule has 6 aromatic carbocycles. The van der Waals surface area contributed by atoms with Gasteiger partial charge in [-0.05, 0) is 146 Å². The SMILES string of the molecule is CC(C)Oc1ccc2c(c1)CCc1c-2c2c(c3c1[nH]c1ccc(F)cc13)CNC2=O.CC(C)Oc1ccc2c(c1)CCc1c-2c2c(c3c4ccccc4n(CCO)c13)CNC2=O. The number of H-pyrrole nitrogens is 1. The van der Waals surface area contributed by atoms with Crippen LogP contribution in [0.1, 0.15) is 81.8 Å². The van der Waals surface area contributed by atoms with E-state index in [1.807, 2.05) is 52.0 Å². The first kappa shape index (κ1) is 38.3. The Balaban J connectivity index is 0.000000140. The third-order valence-electron chi connectivity index (χ3n) is 13.0. The number of aromatic nitrogens is 2. The summed E-state index contributed by atoms with van der Waals surface area (Å²) in [5.74, 6) is 1.42. The summed E-state index contributed by atoms with van der Waals surface area (Å²) < 4.78 is 28.1. The molecule has 4 heterocycles. The Bertz CT molecular complexity index is 3230. The van der Waals surface area contributed by atoms with Crippen molar-refractivity contribution in [3.8, 4) is 33.8 Å². The first-order valence-corrected chi connectivity index (χ1v) is 21.7. The van der Waals surface area contributed by atoms with Crippen molar-refractivity contribution in [2.45, 2.75) is 85.2 Å². The summed E-state index contributed by atoms with van der Waals surface area (Å²) in [6, 6.07) is 25.6. The van der Waals surface area contributed by atoms with E-state index in [9.17, 15) is 19.1 Å². The molecule has 312 valence electrons. The number of nitrogens with zero attached hydrogens (tertiary/aromatic N) is 1. The van der Waals surface area contributed by atoms with Gasteiger partial charge < -0.3 is 34.8 Å². The molecule has 12 rings (SSSR count). The molecule has 0 saturated heterocycles. The number of fused-ring (bicyclic) bond motifs is 20. The number of aliphatic hydroxyl groups is 1. The highest BCUT2D eigenvalue weighted by molar-refractivity contribution is 6.20. The molecule has 2 aliphatic heterocycles. The number of ether oxygens (including phenoxy) is 2. The van der Waals surface area contributed by atoms with E-state index in [4.69, 9.17) is 9.47 Å². The molecule has 0 fully saturated rings. The number of aryl methyl sites for hydroxylation is 4. The second-order valence-electron chi connectivity index (χ2n) is 17.4. The number of rotatable bonds is 6. The zero-order valence-corrected chi connectivity index (χ0v) is 35.2. The van der Waals surface area contributed by atoms with Gasteiger partial charge in [0.1, 0.15) is 17.3 Å². The molecule has 10 heteroatoms. The van der Waals surface area contributed by atoms with Crippen LogP contribution in [0.4, 0.5) is 4.39 Å². The predicted molar refractivity (Wildman–Crippen MR) is 242 cm³/mol. The average Bonchev–Trinajstić information content (AvgIpc) is 4.02. The number of aliphatic hydroxyl groups excluding tert-OH is 1. The fourth-order valence-corrected chi connectivity index (χ4v) is 10.8. The van der Waals surface area contributed by atoms with E-state index >= 15 is 0 Å². The maximum absolute atomic E-state index is 14.0. The zero-order valence-electron chi connectivity index (χ0n) is 35.2. The van der Waals surface area contributed by atoms with Gasteiger partial charge in [-0.3, -0.25) is 9.59 Å². The first-order chi connectivity index (χ1) is 30.1. The molecular weight excluding hydrogens is 780 g/mol. The molecule has 0 radical (unpaired) electrons. The van der Waals surface area contributed by atoms with Crippen LogP contribution in [0.15, 0.2) is 78.9 Å². The van der Waals surface area contributed by atoms with Crippen LogP contribution >= 0.6 is 0 Å². The number of amides is 2. The third-order valence-corrected chi connectivity index (χ3v) is 13.0. The van der Waals surface area contributed by atoms with Crippen LogP contribution in [0.5, 0.6) is 11.5 Å². The van der Waals surface area contributed by atoms with Crippen molar-refractivity contribution in [2.75, 3.05) is 6.61 Å². The Hall–Kier alpha value is -6.65. The Morgan fingerprint density at radius 2 is 1.26 bits per heavy atom. The van der Waals surface area contributed by atoms with E-state index in [2.05, 4.69) is 56.6 Å². The lowest BCUT2D eigenvalue weighted by Gasteiger charge is -2.25. The lowest BCUT2D eigenvalue weighted by molar-refractivity contribution is 0.0958. The van der Waals surface area contributed by atoms with Gasteiger partial charge in [0.2, 0.25) is 0 Å². The van der Waals surface area contributed by atoms with Crippen molar-refractivity contribution in [3.63, 3.8) is 0 Å². The number of hydrogen-bond acceptors (Lipinski definition) is 5. The Morgan fingerprint density at radius 3 is 1.89 bits per heavy atom. The minimum atomic E-state index is -0.268. The number of hydrogen-bond donors (Lipinski definition) is 4. The summed E-state index contributed by atoms with van der Waals surface area (Å²) in [7, 11) is 0. The second kappa shape index (κ2) is 14.5. The molecule has 9 nitrogen and oxygen atoms in total. The summed E-state index contributed by atoms with van der Waals surface area (Å²) in [6.07, 6.45) is 3.67. The number of nitrogens with one attached hydrogen (secondary N) is 3. The lowest BCUT2D eigenvalue weighted by atomic mass is 9.80. The van der Waals surface area contributed by atoms with E-state index in [0.717, 1.165) is 125 Å².